The van der Waals surface area contributed by atoms with Crippen LogP contribution in [0.4, 0.5) is 0 Å². The lowest BCUT2D eigenvalue weighted by atomic mass is 9.68. The molecule has 6 aliphatic heterocycles. The molecule has 0 radical (unpaired) electrons. The Hall–Kier alpha value is 0.380. The predicted molar refractivity (Wildman–Crippen MR) is 107 cm³/mol. The monoisotopic (exact) mass is 400 g/mol. The zero-order valence-corrected chi connectivity index (χ0v) is 16.8. The van der Waals surface area contributed by atoms with E-state index in [1.54, 1.807) is 38.5 Å². The molecule has 2 aliphatic carbocycles. The number of hydrogen-bond acceptors (Lipinski definition) is 2. The molecule has 25 heavy (non-hydrogen) atoms. The van der Waals surface area contributed by atoms with Crippen molar-refractivity contribution < 1.29 is 16.4 Å². The third-order valence-electron chi connectivity index (χ3n) is 7.10. The molecule has 2 saturated carbocycles. The Morgan fingerprint density at radius 2 is 0.520 bits per heavy atom. The lowest BCUT2D eigenvalue weighted by Gasteiger charge is -2.51. The van der Waals surface area contributed by atoms with Crippen LogP contribution in [0.2, 0.25) is 0 Å². The first-order valence-corrected chi connectivity index (χ1v) is 9.25. The van der Waals surface area contributed by atoms with E-state index in [1.807, 2.05) is 0 Å². The fraction of sp³-hybridized carbons (Fsp3) is 1.00. The van der Waals surface area contributed by atoms with Crippen LogP contribution in [0, 0.1) is 35.5 Å². The average molecular weight is 401 g/mol. The van der Waals surface area contributed by atoms with Gasteiger partial charge in [-0.05, 0) is 74.0 Å². The number of rotatable bonds is 0. The highest BCUT2D eigenvalue weighted by Gasteiger charge is 2.41. The van der Waals surface area contributed by atoms with E-state index in [0.717, 1.165) is 35.5 Å². The molecule has 8 rings (SSSR count). The Kier molecular flexibility index (Phi) is 10.2. The van der Waals surface area contributed by atoms with Gasteiger partial charge in [0, 0.05) is 39.3 Å². The predicted octanol–water partition coefficient (Wildman–Crippen LogP) is 1.07. The molecule has 5 nitrogen and oxygen atoms in total. The van der Waals surface area contributed by atoms with Crippen molar-refractivity contribution >= 4 is 24.8 Å². The molecule has 6 saturated heterocycles. The molecule has 0 aromatic rings. The van der Waals surface area contributed by atoms with Crippen LogP contribution in [0.5, 0.6) is 0 Å². The number of piperidine rings is 6. The van der Waals surface area contributed by atoms with Gasteiger partial charge in [0.25, 0.3) is 0 Å². The Morgan fingerprint density at radius 3 is 0.640 bits per heavy atom. The van der Waals surface area contributed by atoms with Crippen LogP contribution >= 0.6 is 24.8 Å². The van der Waals surface area contributed by atoms with Crippen LogP contribution in [0.15, 0.2) is 0 Å². The van der Waals surface area contributed by atoms with Crippen molar-refractivity contribution in [2.24, 2.45) is 35.5 Å². The van der Waals surface area contributed by atoms with Crippen molar-refractivity contribution in [1.29, 1.82) is 0 Å². The first-order chi connectivity index (χ1) is 9.80. The molecule has 6 N–H and O–H groups in total. The first-order valence-electron chi connectivity index (χ1n) is 9.25. The molecule has 0 aromatic heterocycles. The van der Waals surface area contributed by atoms with Gasteiger partial charge in [-0.2, -0.15) is 0 Å². The van der Waals surface area contributed by atoms with Gasteiger partial charge in [-0.25, -0.2) is 0 Å². The van der Waals surface area contributed by atoms with Crippen molar-refractivity contribution in [3.05, 3.63) is 0 Å². The van der Waals surface area contributed by atoms with Crippen molar-refractivity contribution in [1.82, 2.24) is 9.80 Å². The summed E-state index contributed by atoms with van der Waals surface area (Å²) < 4.78 is 0. The summed E-state index contributed by atoms with van der Waals surface area (Å²) in [6.07, 6.45) is 9.38. The molecule has 6 heterocycles. The summed E-state index contributed by atoms with van der Waals surface area (Å²) in [6, 6.07) is 0. The van der Waals surface area contributed by atoms with Gasteiger partial charge in [0.15, 0.2) is 0 Å². The van der Waals surface area contributed by atoms with Crippen LogP contribution in [0.3, 0.4) is 0 Å². The largest absolute Gasteiger partial charge is 0.412 e. The molecule has 0 aromatic carbocycles. The maximum Gasteiger partial charge on any atom is 0.00101 e. The van der Waals surface area contributed by atoms with Crippen LogP contribution in [0.25, 0.3) is 0 Å². The van der Waals surface area contributed by atoms with Gasteiger partial charge < -0.3 is 26.2 Å². The Balaban J connectivity index is 0.000000384. The number of halogens is 2. The highest BCUT2D eigenvalue weighted by atomic mass is 35.5. The molecule has 0 unspecified atom stereocenters. The lowest BCUT2D eigenvalue weighted by molar-refractivity contribution is -0.0169. The fourth-order valence-electron chi connectivity index (χ4n) is 6.94. The maximum atomic E-state index is 2.69. The topological polar surface area (TPSA) is 101 Å². The van der Waals surface area contributed by atoms with Gasteiger partial charge in [0.2, 0.25) is 0 Å². The smallest absolute Gasteiger partial charge is 0.00101 e. The van der Waals surface area contributed by atoms with E-state index < -0.39 is 0 Å². The van der Waals surface area contributed by atoms with Crippen molar-refractivity contribution in [3.8, 4) is 0 Å². The van der Waals surface area contributed by atoms with E-state index in [0.29, 0.717) is 0 Å². The molecular weight excluding hydrogens is 363 g/mol. The summed E-state index contributed by atoms with van der Waals surface area (Å²) in [5.74, 6) is 6.62. The van der Waals surface area contributed by atoms with Gasteiger partial charge in [0.05, 0.1) is 0 Å². The minimum absolute atomic E-state index is 0. The van der Waals surface area contributed by atoms with E-state index in [2.05, 4.69) is 9.80 Å². The van der Waals surface area contributed by atoms with E-state index in [9.17, 15) is 0 Å². The standard InChI is InChI=1S/2C9H15N.2ClH.3H2O/c2*1-7-2-9-3-8(1)5-10(4-7)6-9;;;;;/h2*7-9H,1-6H2;2*1H;3*1H2. The molecule has 0 amide bonds. The molecule has 7 heteroatoms. The lowest BCUT2D eigenvalue weighted by Crippen LogP contribution is -2.53. The minimum atomic E-state index is 0. The fourth-order valence-corrected chi connectivity index (χ4v) is 6.94. The molecule has 0 spiro atoms. The summed E-state index contributed by atoms with van der Waals surface area (Å²) in [5, 5.41) is 0. The highest BCUT2D eigenvalue weighted by molar-refractivity contribution is 5.85. The van der Waals surface area contributed by atoms with Gasteiger partial charge in [-0.1, -0.05) is 0 Å². The van der Waals surface area contributed by atoms with Gasteiger partial charge in [0.1, 0.15) is 0 Å². The van der Waals surface area contributed by atoms with Gasteiger partial charge >= 0.3 is 0 Å². The second-order valence-electron chi connectivity index (χ2n) is 9.05. The summed E-state index contributed by atoms with van der Waals surface area (Å²) in [4.78, 5) is 5.38. The Bertz CT molecular complexity index is 251. The number of nitrogens with zero attached hydrogens (tertiary/aromatic N) is 2. The van der Waals surface area contributed by atoms with Gasteiger partial charge in [-0.15, -0.1) is 24.8 Å². The second kappa shape index (κ2) is 10.1. The first kappa shape index (κ1) is 25.4. The quantitative estimate of drug-likeness (QED) is 0.606. The van der Waals surface area contributed by atoms with Crippen molar-refractivity contribution in [2.75, 3.05) is 39.3 Å². The summed E-state index contributed by atoms with van der Waals surface area (Å²) in [6.45, 7) is 8.62. The molecule has 0 atom stereocenters. The van der Waals surface area contributed by atoms with E-state index in [4.69, 9.17) is 0 Å². The zero-order chi connectivity index (χ0) is 13.1. The van der Waals surface area contributed by atoms with Crippen LogP contribution < -0.4 is 0 Å². The van der Waals surface area contributed by atoms with Crippen LogP contribution in [-0.2, 0) is 0 Å². The number of hydrogen-bond donors (Lipinski definition) is 0. The van der Waals surface area contributed by atoms with E-state index in [-0.39, 0.29) is 41.2 Å². The summed E-state index contributed by atoms with van der Waals surface area (Å²) >= 11 is 0. The Labute approximate surface area is 164 Å². The molecule has 8 aliphatic rings. The second-order valence-corrected chi connectivity index (χ2v) is 9.05. The maximum absolute atomic E-state index is 2.69. The van der Waals surface area contributed by atoms with E-state index >= 15 is 0 Å². The molecule has 8 bridgehead atoms. The van der Waals surface area contributed by atoms with Crippen molar-refractivity contribution in [3.63, 3.8) is 0 Å². The minimum Gasteiger partial charge on any atom is -0.412 e. The summed E-state index contributed by atoms with van der Waals surface area (Å²) in [5.41, 5.74) is 0. The molecule has 152 valence electrons. The van der Waals surface area contributed by atoms with Crippen LogP contribution in [-0.4, -0.2) is 65.5 Å². The van der Waals surface area contributed by atoms with Crippen LogP contribution in [0.1, 0.15) is 38.5 Å². The molecule has 8 fully saturated rings. The SMILES string of the molecule is C1C2CC3CC1CN(C2)C3.C1C2CC3CC1CN(C2)C3.Cl.Cl.O.O.O. The van der Waals surface area contributed by atoms with E-state index in [1.165, 1.54) is 39.3 Å². The summed E-state index contributed by atoms with van der Waals surface area (Å²) in [7, 11) is 0. The zero-order valence-electron chi connectivity index (χ0n) is 15.2. The highest BCUT2D eigenvalue weighted by Crippen LogP contribution is 2.43. The third kappa shape index (κ3) is 5.22. The third-order valence-corrected chi connectivity index (χ3v) is 7.10. The van der Waals surface area contributed by atoms with Crippen molar-refractivity contribution in [2.45, 2.75) is 38.5 Å². The normalized spacial score (nSPS) is 46.1. The molecular formula is C18H38Cl2N2O3. The van der Waals surface area contributed by atoms with Gasteiger partial charge in [-0.3, -0.25) is 0 Å². The Morgan fingerprint density at radius 1 is 0.360 bits per heavy atom. The average Bonchev–Trinajstić information content (AvgIpc) is 2.35.